The number of halogens is 2. The smallest absolute Gasteiger partial charge is 0.358 e. The second-order valence-electron chi connectivity index (χ2n) is 5.57. The van der Waals surface area contributed by atoms with Crippen LogP contribution in [0.15, 0.2) is 52.1 Å². The zero-order valence-corrected chi connectivity index (χ0v) is 16.4. The van der Waals surface area contributed by atoms with E-state index < -0.39 is 5.97 Å². The fourth-order valence-electron chi connectivity index (χ4n) is 2.42. The summed E-state index contributed by atoms with van der Waals surface area (Å²) in [6.07, 6.45) is 1.64. The van der Waals surface area contributed by atoms with Crippen molar-refractivity contribution < 1.29 is 19.5 Å². The first-order chi connectivity index (χ1) is 12.9. The van der Waals surface area contributed by atoms with Crippen LogP contribution in [0.3, 0.4) is 0 Å². The summed E-state index contributed by atoms with van der Waals surface area (Å²) in [6, 6.07) is 12.6. The molecule has 142 valence electrons. The summed E-state index contributed by atoms with van der Waals surface area (Å²) in [5.74, 6) is -0.493. The van der Waals surface area contributed by atoms with Crippen LogP contribution < -0.4 is 4.74 Å². The summed E-state index contributed by atoms with van der Waals surface area (Å²) in [5, 5.41) is 13.1. The lowest BCUT2D eigenvalue weighted by molar-refractivity contribution is -0.129. The molecule has 0 atom stereocenters. The maximum Gasteiger partial charge on any atom is 0.358 e. The van der Waals surface area contributed by atoms with E-state index in [0.717, 1.165) is 11.1 Å². The first kappa shape index (κ1) is 20.8. The number of oxime groups is 1. The Morgan fingerprint density at radius 2 is 1.96 bits per heavy atom. The van der Waals surface area contributed by atoms with Gasteiger partial charge in [-0.1, -0.05) is 58.7 Å². The third-order valence-electron chi connectivity index (χ3n) is 3.62. The Hall–Kier alpha value is -2.50. The molecule has 0 aliphatic rings. The highest BCUT2D eigenvalue weighted by Crippen LogP contribution is 2.24. The molecule has 0 heterocycles. The normalized spacial score (nSPS) is 11.0. The topological polar surface area (TPSA) is 68.1 Å². The fourth-order valence-corrected chi connectivity index (χ4v) is 2.67. The van der Waals surface area contributed by atoms with Gasteiger partial charge in [0.05, 0.1) is 0 Å². The molecule has 0 aliphatic heterocycles. The Bertz CT molecular complexity index is 874. The molecule has 0 aliphatic carbocycles. The Morgan fingerprint density at radius 3 is 2.59 bits per heavy atom. The van der Waals surface area contributed by atoms with Crippen molar-refractivity contribution in [2.24, 2.45) is 5.16 Å². The van der Waals surface area contributed by atoms with Crippen LogP contribution in [0, 0.1) is 6.92 Å². The van der Waals surface area contributed by atoms with Crippen LogP contribution in [0.5, 0.6) is 5.75 Å². The van der Waals surface area contributed by atoms with Gasteiger partial charge in [0, 0.05) is 5.56 Å². The number of hydrogen-bond donors (Lipinski definition) is 1. The van der Waals surface area contributed by atoms with Crippen LogP contribution in [0.4, 0.5) is 0 Å². The molecule has 1 N–H and O–H groups in total. The van der Waals surface area contributed by atoms with Crippen LogP contribution in [0.25, 0.3) is 6.08 Å². The number of rotatable bonds is 8. The zero-order valence-electron chi connectivity index (χ0n) is 14.9. The molecule has 0 saturated heterocycles. The van der Waals surface area contributed by atoms with Gasteiger partial charge in [0.25, 0.3) is 0 Å². The maximum atomic E-state index is 11.5. The van der Waals surface area contributed by atoms with Crippen molar-refractivity contribution in [2.75, 3.05) is 6.61 Å². The molecule has 0 aromatic heterocycles. The van der Waals surface area contributed by atoms with Crippen molar-refractivity contribution >= 4 is 41.0 Å². The molecule has 0 fully saturated rings. The van der Waals surface area contributed by atoms with Crippen molar-refractivity contribution in [1.82, 2.24) is 0 Å². The Kier molecular flexibility index (Phi) is 7.70. The number of aryl methyl sites for hydroxylation is 1. The maximum absolute atomic E-state index is 11.5. The van der Waals surface area contributed by atoms with Crippen LogP contribution >= 0.6 is 23.2 Å². The second-order valence-corrected chi connectivity index (χ2v) is 6.58. The highest BCUT2D eigenvalue weighted by molar-refractivity contribution is 6.57. The van der Waals surface area contributed by atoms with Crippen molar-refractivity contribution in [3.8, 4) is 5.75 Å². The van der Waals surface area contributed by atoms with E-state index in [2.05, 4.69) is 5.16 Å². The van der Waals surface area contributed by atoms with Crippen molar-refractivity contribution in [3.63, 3.8) is 0 Å². The van der Waals surface area contributed by atoms with Gasteiger partial charge in [-0.15, -0.1) is 0 Å². The molecule has 0 spiro atoms. The largest absolute Gasteiger partial charge is 0.489 e. The minimum Gasteiger partial charge on any atom is -0.489 e. The van der Waals surface area contributed by atoms with Crippen LogP contribution in [0.1, 0.15) is 29.2 Å². The predicted molar refractivity (Wildman–Crippen MR) is 107 cm³/mol. The number of carboxylic acid groups (broad SMARTS) is 1. The van der Waals surface area contributed by atoms with Crippen molar-refractivity contribution in [1.29, 1.82) is 0 Å². The van der Waals surface area contributed by atoms with Gasteiger partial charge in [0.1, 0.15) is 23.5 Å². The standard InChI is InChI=1S/C20H19Cl2NO4/c1-3-27-23-19(20(24)25)16-7-5-4-6-15(16)12-26-17-9-8-14(10-13(17)2)11-18(21)22/h4-11H,3,12H2,1-2H3,(H,24,25)/b23-19+. The second kappa shape index (κ2) is 10.00. The third-order valence-corrected chi connectivity index (χ3v) is 3.84. The highest BCUT2D eigenvalue weighted by Gasteiger charge is 2.17. The van der Waals surface area contributed by atoms with E-state index in [9.17, 15) is 9.90 Å². The zero-order chi connectivity index (χ0) is 19.8. The number of benzene rings is 2. The molecule has 27 heavy (non-hydrogen) atoms. The number of carbonyl (C=O) groups is 1. The Balaban J connectivity index is 2.24. The van der Waals surface area contributed by atoms with E-state index in [4.69, 9.17) is 32.8 Å². The van der Waals surface area contributed by atoms with Gasteiger partial charge >= 0.3 is 5.97 Å². The van der Waals surface area contributed by atoms with E-state index in [1.807, 2.05) is 31.2 Å². The van der Waals surface area contributed by atoms with Crippen molar-refractivity contribution in [2.45, 2.75) is 20.5 Å². The van der Waals surface area contributed by atoms with E-state index in [0.29, 0.717) is 16.9 Å². The van der Waals surface area contributed by atoms with Gasteiger partial charge in [0.2, 0.25) is 0 Å². The molecule has 7 heteroatoms. The molecule has 2 rings (SSSR count). The SMILES string of the molecule is CCO/N=C(/C(=O)O)c1ccccc1COc1ccc(C=C(Cl)Cl)cc1C. The monoisotopic (exact) mass is 407 g/mol. The van der Waals surface area contributed by atoms with Gasteiger partial charge < -0.3 is 14.7 Å². The highest BCUT2D eigenvalue weighted by atomic mass is 35.5. The van der Waals surface area contributed by atoms with Crippen LogP contribution in [-0.4, -0.2) is 23.4 Å². The molecule has 2 aromatic carbocycles. The van der Waals surface area contributed by atoms with Gasteiger partial charge in [-0.3, -0.25) is 0 Å². The first-order valence-electron chi connectivity index (χ1n) is 8.20. The minimum absolute atomic E-state index is 0.162. The summed E-state index contributed by atoms with van der Waals surface area (Å²) >= 11 is 11.4. The summed E-state index contributed by atoms with van der Waals surface area (Å²) in [5.41, 5.74) is 2.73. The molecular formula is C20H19Cl2NO4. The van der Waals surface area contributed by atoms with E-state index >= 15 is 0 Å². The average Bonchev–Trinajstić information content (AvgIpc) is 2.61. The number of carboxylic acids is 1. The third kappa shape index (κ3) is 6.01. The summed E-state index contributed by atoms with van der Waals surface area (Å²) in [4.78, 5) is 16.5. The molecule has 0 unspecified atom stereocenters. The lowest BCUT2D eigenvalue weighted by Crippen LogP contribution is -2.18. The molecular weight excluding hydrogens is 389 g/mol. The number of ether oxygens (including phenoxy) is 1. The summed E-state index contributed by atoms with van der Waals surface area (Å²) in [7, 11) is 0. The number of aliphatic carboxylic acids is 1. The first-order valence-corrected chi connectivity index (χ1v) is 8.95. The van der Waals surface area contributed by atoms with E-state index in [1.165, 1.54) is 0 Å². The average molecular weight is 408 g/mol. The summed E-state index contributed by atoms with van der Waals surface area (Å²) < 4.78 is 6.06. The van der Waals surface area contributed by atoms with Gasteiger partial charge in [-0.2, -0.15) is 0 Å². The van der Waals surface area contributed by atoms with Crippen LogP contribution in [-0.2, 0) is 16.2 Å². The van der Waals surface area contributed by atoms with E-state index in [-0.39, 0.29) is 23.4 Å². The lowest BCUT2D eigenvalue weighted by atomic mass is 10.0. The molecule has 0 saturated carbocycles. The minimum atomic E-state index is -1.17. The molecule has 0 radical (unpaired) electrons. The molecule has 5 nitrogen and oxygen atoms in total. The predicted octanol–water partition coefficient (Wildman–Crippen LogP) is 5.18. The Labute approximate surface area is 167 Å². The fraction of sp³-hybridized carbons (Fsp3) is 0.200. The summed E-state index contributed by atoms with van der Waals surface area (Å²) in [6.45, 7) is 4.10. The lowest BCUT2D eigenvalue weighted by Gasteiger charge is -2.13. The van der Waals surface area contributed by atoms with Gasteiger partial charge in [-0.05, 0) is 48.7 Å². The van der Waals surface area contributed by atoms with Gasteiger partial charge in [-0.25, -0.2) is 4.79 Å². The quantitative estimate of drug-likeness (QED) is 0.483. The molecule has 2 aromatic rings. The van der Waals surface area contributed by atoms with Crippen LogP contribution in [0.2, 0.25) is 0 Å². The van der Waals surface area contributed by atoms with Gasteiger partial charge in [0.15, 0.2) is 5.71 Å². The number of nitrogens with zero attached hydrogens (tertiary/aromatic N) is 1. The Morgan fingerprint density at radius 1 is 1.22 bits per heavy atom. The molecule has 0 amide bonds. The van der Waals surface area contributed by atoms with Crippen molar-refractivity contribution in [3.05, 3.63) is 69.2 Å². The number of hydrogen-bond acceptors (Lipinski definition) is 4. The molecule has 0 bridgehead atoms. The van der Waals surface area contributed by atoms with E-state index in [1.54, 1.807) is 31.2 Å².